The SMILES string of the molecule is CCN(CC)C(N)=NCC1(c2ccc(F)cc2)CCCCC1.I. The molecule has 0 saturated heterocycles. The van der Waals surface area contributed by atoms with Crippen LogP contribution in [0.15, 0.2) is 29.3 Å². The van der Waals surface area contributed by atoms with E-state index >= 15 is 0 Å². The summed E-state index contributed by atoms with van der Waals surface area (Å²) in [6.45, 7) is 6.61. The maximum absolute atomic E-state index is 13.2. The van der Waals surface area contributed by atoms with Gasteiger partial charge in [-0.15, -0.1) is 24.0 Å². The van der Waals surface area contributed by atoms with Gasteiger partial charge in [-0.3, -0.25) is 4.99 Å². The lowest BCUT2D eigenvalue weighted by molar-refractivity contribution is 0.299. The highest BCUT2D eigenvalue weighted by molar-refractivity contribution is 14.0. The molecule has 130 valence electrons. The van der Waals surface area contributed by atoms with E-state index in [4.69, 9.17) is 5.73 Å². The molecule has 5 heteroatoms. The summed E-state index contributed by atoms with van der Waals surface area (Å²) in [6, 6.07) is 6.96. The molecule has 0 atom stereocenters. The Bertz CT molecular complexity index is 491. The summed E-state index contributed by atoms with van der Waals surface area (Å²) in [5, 5.41) is 0. The lowest BCUT2D eigenvalue weighted by Gasteiger charge is -2.37. The average Bonchev–Trinajstić information content (AvgIpc) is 2.55. The minimum Gasteiger partial charge on any atom is -0.370 e. The van der Waals surface area contributed by atoms with Gasteiger partial charge >= 0.3 is 0 Å². The maximum Gasteiger partial charge on any atom is 0.191 e. The van der Waals surface area contributed by atoms with Crippen LogP contribution in [-0.2, 0) is 5.41 Å². The molecule has 0 aliphatic heterocycles. The molecular weight excluding hydrogens is 404 g/mol. The van der Waals surface area contributed by atoms with E-state index in [-0.39, 0.29) is 35.2 Å². The zero-order valence-electron chi connectivity index (χ0n) is 14.2. The van der Waals surface area contributed by atoms with Crippen LogP contribution in [0.1, 0.15) is 51.5 Å². The Morgan fingerprint density at radius 2 is 1.70 bits per heavy atom. The van der Waals surface area contributed by atoms with Gasteiger partial charge < -0.3 is 10.6 Å². The van der Waals surface area contributed by atoms with Crippen LogP contribution in [0, 0.1) is 5.82 Å². The Morgan fingerprint density at radius 1 is 1.13 bits per heavy atom. The van der Waals surface area contributed by atoms with Gasteiger partial charge in [0.2, 0.25) is 0 Å². The summed E-state index contributed by atoms with van der Waals surface area (Å²) in [4.78, 5) is 6.76. The molecule has 1 aliphatic carbocycles. The summed E-state index contributed by atoms with van der Waals surface area (Å²) in [5.74, 6) is 0.443. The predicted octanol–water partition coefficient (Wildman–Crippen LogP) is 4.30. The number of nitrogens with zero attached hydrogens (tertiary/aromatic N) is 2. The fraction of sp³-hybridized carbons (Fsp3) is 0.611. The van der Waals surface area contributed by atoms with Crippen molar-refractivity contribution >= 4 is 29.9 Å². The minimum atomic E-state index is -0.180. The second kappa shape index (κ2) is 9.45. The summed E-state index contributed by atoms with van der Waals surface area (Å²) in [7, 11) is 0. The number of hydrogen-bond acceptors (Lipinski definition) is 1. The van der Waals surface area contributed by atoms with Crippen LogP contribution in [-0.4, -0.2) is 30.5 Å². The second-order valence-corrected chi connectivity index (χ2v) is 6.19. The summed E-state index contributed by atoms with van der Waals surface area (Å²) in [5.41, 5.74) is 7.35. The number of hydrogen-bond donors (Lipinski definition) is 1. The number of rotatable bonds is 5. The van der Waals surface area contributed by atoms with Crippen LogP contribution in [0.4, 0.5) is 4.39 Å². The number of benzene rings is 1. The van der Waals surface area contributed by atoms with E-state index in [1.165, 1.54) is 24.8 Å². The van der Waals surface area contributed by atoms with Crippen LogP contribution in [0.3, 0.4) is 0 Å². The smallest absolute Gasteiger partial charge is 0.191 e. The van der Waals surface area contributed by atoms with Crippen molar-refractivity contribution in [3.05, 3.63) is 35.6 Å². The number of nitrogens with two attached hydrogens (primary N) is 1. The van der Waals surface area contributed by atoms with Crippen LogP contribution in [0.25, 0.3) is 0 Å². The molecule has 0 amide bonds. The van der Waals surface area contributed by atoms with Crippen LogP contribution in [0.2, 0.25) is 0 Å². The lowest BCUT2D eigenvalue weighted by atomic mass is 9.69. The molecule has 1 fully saturated rings. The predicted molar refractivity (Wildman–Crippen MR) is 106 cm³/mol. The second-order valence-electron chi connectivity index (χ2n) is 6.19. The average molecular weight is 433 g/mol. The van der Waals surface area contributed by atoms with Crippen molar-refractivity contribution < 1.29 is 4.39 Å². The fourth-order valence-electron chi connectivity index (χ4n) is 3.45. The van der Waals surface area contributed by atoms with E-state index < -0.39 is 0 Å². The Kier molecular flexibility index (Phi) is 8.29. The summed E-state index contributed by atoms with van der Waals surface area (Å²) >= 11 is 0. The van der Waals surface area contributed by atoms with Crippen molar-refractivity contribution in [3.63, 3.8) is 0 Å². The van der Waals surface area contributed by atoms with Crippen LogP contribution < -0.4 is 5.73 Å². The molecule has 0 unspecified atom stereocenters. The highest BCUT2D eigenvalue weighted by Crippen LogP contribution is 2.39. The minimum absolute atomic E-state index is 0. The highest BCUT2D eigenvalue weighted by Gasteiger charge is 2.33. The van der Waals surface area contributed by atoms with Gasteiger partial charge in [0.05, 0.1) is 6.54 Å². The third-order valence-corrected chi connectivity index (χ3v) is 4.90. The zero-order chi connectivity index (χ0) is 16.0. The van der Waals surface area contributed by atoms with Crippen molar-refractivity contribution in [1.82, 2.24) is 4.90 Å². The van der Waals surface area contributed by atoms with Crippen molar-refractivity contribution in [1.29, 1.82) is 0 Å². The van der Waals surface area contributed by atoms with Gasteiger partial charge in [-0.05, 0) is 44.4 Å². The van der Waals surface area contributed by atoms with Gasteiger partial charge in [-0.25, -0.2) is 4.39 Å². The van der Waals surface area contributed by atoms with Gasteiger partial charge in [0.25, 0.3) is 0 Å². The molecule has 1 aliphatic rings. The van der Waals surface area contributed by atoms with E-state index in [2.05, 4.69) is 23.7 Å². The summed E-state index contributed by atoms with van der Waals surface area (Å²) in [6.07, 6.45) is 5.90. The number of halogens is 2. The monoisotopic (exact) mass is 433 g/mol. The Morgan fingerprint density at radius 3 is 2.22 bits per heavy atom. The van der Waals surface area contributed by atoms with Crippen molar-refractivity contribution in [2.45, 2.75) is 51.4 Å². The van der Waals surface area contributed by atoms with Crippen molar-refractivity contribution in [2.75, 3.05) is 19.6 Å². The van der Waals surface area contributed by atoms with E-state index in [1.54, 1.807) is 12.1 Å². The first-order chi connectivity index (χ1) is 10.6. The van der Waals surface area contributed by atoms with E-state index in [1.807, 2.05) is 12.1 Å². The first-order valence-corrected chi connectivity index (χ1v) is 8.42. The summed E-state index contributed by atoms with van der Waals surface area (Å²) < 4.78 is 13.2. The Balaban J connectivity index is 0.00000264. The van der Waals surface area contributed by atoms with Crippen LogP contribution in [0.5, 0.6) is 0 Å². The van der Waals surface area contributed by atoms with E-state index in [0.29, 0.717) is 12.5 Å². The molecule has 2 rings (SSSR count). The van der Waals surface area contributed by atoms with Crippen molar-refractivity contribution in [2.24, 2.45) is 10.7 Å². The number of guanidine groups is 1. The number of aliphatic imine (C=N–C) groups is 1. The molecule has 2 N–H and O–H groups in total. The molecule has 0 spiro atoms. The first-order valence-electron chi connectivity index (χ1n) is 8.42. The van der Waals surface area contributed by atoms with Gasteiger partial charge in [0, 0.05) is 18.5 Å². The van der Waals surface area contributed by atoms with Crippen LogP contribution >= 0.6 is 24.0 Å². The molecule has 23 heavy (non-hydrogen) atoms. The van der Waals surface area contributed by atoms with Gasteiger partial charge in [-0.2, -0.15) is 0 Å². The van der Waals surface area contributed by atoms with Gasteiger partial charge in [-0.1, -0.05) is 31.4 Å². The normalized spacial score (nSPS) is 17.4. The third kappa shape index (κ3) is 5.06. The molecule has 0 bridgehead atoms. The molecule has 0 aromatic heterocycles. The topological polar surface area (TPSA) is 41.6 Å². The Labute approximate surface area is 156 Å². The molecule has 1 saturated carbocycles. The van der Waals surface area contributed by atoms with E-state index in [0.717, 1.165) is 25.9 Å². The molecule has 1 aromatic carbocycles. The van der Waals surface area contributed by atoms with E-state index in [9.17, 15) is 4.39 Å². The lowest BCUT2D eigenvalue weighted by Crippen LogP contribution is -2.39. The Hall–Kier alpha value is -0.850. The largest absolute Gasteiger partial charge is 0.370 e. The quantitative estimate of drug-likeness (QED) is 0.428. The molecule has 0 radical (unpaired) electrons. The zero-order valence-corrected chi connectivity index (χ0v) is 16.6. The van der Waals surface area contributed by atoms with Gasteiger partial charge in [0.15, 0.2) is 5.96 Å². The fourth-order valence-corrected chi connectivity index (χ4v) is 3.45. The maximum atomic E-state index is 13.2. The first kappa shape index (κ1) is 20.2. The molecule has 3 nitrogen and oxygen atoms in total. The standard InChI is InChI=1S/C18H28FN3.HI/c1-3-22(4-2)17(20)21-14-18(12-6-5-7-13-18)15-8-10-16(19)11-9-15;/h8-11H,3-7,12-14H2,1-2H3,(H2,20,21);1H. The highest BCUT2D eigenvalue weighted by atomic mass is 127. The molecule has 0 heterocycles. The van der Waals surface area contributed by atoms with Crippen molar-refractivity contribution in [3.8, 4) is 0 Å². The molecule has 1 aromatic rings. The molecular formula is C18H29FIN3. The third-order valence-electron chi connectivity index (χ3n) is 4.90. The van der Waals surface area contributed by atoms with Gasteiger partial charge in [0.1, 0.15) is 5.82 Å².